The molecule has 1 N–H and O–H groups in total. The number of likely N-dealkylation sites (tertiary alicyclic amines) is 2. The van der Waals surface area contributed by atoms with Crippen molar-refractivity contribution in [2.45, 2.75) is 38.6 Å². The zero-order valence-electron chi connectivity index (χ0n) is 15.9. The van der Waals surface area contributed by atoms with Crippen molar-refractivity contribution in [3.8, 4) is 5.75 Å². The molecule has 2 saturated heterocycles. The van der Waals surface area contributed by atoms with E-state index in [1.807, 2.05) is 0 Å². The number of rotatable bonds is 4. The molecule has 3 rings (SSSR count). The van der Waals surface area contributed by atoms with Crippen LogP contribution in [0.5, 0.6) is 5.75 Å². The molecule has 2 atom stereocenters. The van der Waals surface area contributed by atoms with E-state index < -0.39 is 6.04 Å². The summed E-state index contributed by atoms with van der Waals surface area (Å²) in [6.45, 7) is 3.29. The summed E-state index contributed by atoms with van der Waals surface area (Å²) in [6.07, 6.45) is 3.07. The average Bonchev–Trinajstić information content (AvgIpc) is 3.18. The van der Waals surface area contributed by atoms with Gasteiger partial charge in [-0.05, 0) is 49.9 Å². The van der Waals surface area contributed by atoms with Crippen LogP contribution >= 0.6 is 0 Å². The van der Waals surface area contributed by atoms with Gasteiger partial charge < -0.3 is 19.9 Å². The van der Waals surface area contributed by atoms with E-state index >= 15 is 0 Å². The molecule has 2 aliphatic heterocycles. The first-order valence-corrected chi connectivity index (χ1v) is 9.50. The van der Waals surface area contributed by atoms with Crippen LogP contribution in [0.15, 0.2) is 24.3 Å². The molecule has 2 aliphatic rings. The van der Waals surface area contributed by atoms with E-state index in [9.17, 15) is 14.4 Å². The van der Waals surface area contributed by atoms with Gasteiger partial charge in [0.25, 0.3) is 0 Å². The van der Waals surface area contributed by atoms with Crippen molar-refractivity contribution in [1.29, 1.82) is 0 Å². The first-order valence-electron chi connectivity index (χ1n) is 9.50. The Morgan fingerprint density at radius 3 is 2.44 bits per heavy atom. The molecule has 3 amide bonds. The van der Waals surface area contributed by atoms with Crippen LogP contribution in [0.1, 0.15) is 32.6 Å². The number of carbonyl (C=O) groups is 3. The van der Waals surface area contributed by atoms with E-state index in [1.54, 1.807) is 41.2 Å². The number of hydrogen-bond donors (Lipinski definition) is 1. The van der Waals surface area contributed by atoms with Crippen LogP contribution in [0.4, 0.5) is 5.69 Å². The highest BCUT2D eigenvalue weighted by molar-refractivity contribution is 5.98. The lowest BCUT2D eigenvalue weighted by molar-refractivity contribution is -0.143. The highest BCUT2D eigenvalue weighted by atomic mass is 16.5. The Hall–Kier alpha value is -2.57. The lowest BCUT2D eigenvalue weighted by Crippen LogP contribution is -2.50. The van der Waals surface area contributed by atoms with Gasteiger partial charge in [-0.1, -0.05) is 0 Å². The Kier molecular flexibility index (Phi) is 5.98. The number of piperidine rings is 1. The molecule has 2 fully saturated rings. The van der Waals surface area contributed by atoms with Crippen molar-refractivity contribution < 1.29 is 19.1 Å². The molecular formula is C20H27N3O4. The van der Waals surface area contributed by atoms with Crippen molar-refractivity contribution in [3.63, 3.8) is 0 Å². The second-order valence-electron chi connectivity index (χ2n) is 7.21. The third-order valence-corrected chi connectivity index (χ3v) is 5.41. The van der Waals surface area contributed by atoms with Crippen molar-refractivity contribution in [2.75, 3.05) is 32.1 Å². The number of nitrogens with zero attached hydrogens (tertiary/aromatic N) is 2. The van der Waals surface area contributed by atoms with Crippen LogP contribution < -0.4 is 10.1 Å². The van der Waals surface area contributed by atoms with Crippen molar-refractivity contribution in [2.24, 2.45) is 5.92 Å². The molecular weight excluding hydrogens is 346 g/mol. The number of hydrogen-bond acceptors (Lipinski definition) is 4. The summed E-state index contributed by atoms with van der Waals surface area (Å²) in [5.41, 5.74) is 0.681. The fourth-order valence-electron chi connectivity index (χ4n) is 3.90. The third kappa shape index (κ3) is 4.40. The van der Waals surface area contributed by atoms with Crippen molar-refractivity contribution >= 4 is 23.4 Å². The highest BCUT2D eigenvalue weighted by Crippen LogP contribution is 2.26. The minimum atomic E-state index is -0.452. The van der Waals surface area contributed by atoms with E-state index in [1.165, 1.54) is 6.92 Å². The topological polar surface area (TPSA) is 79.0 Å². The molecule has 0 unspecified atom stereocenters. The lowest BCUT2D eigenvalue weighted by atomic mass is 9.96. The number of methoxy groups -OCH3 is 1. The van der Waals surface area contributed by atoms with Crippen LogP contribution in [0.2, 0.25) is 0 Å². The molecule has 0 spiro atoms. The zero-order valence-corrected chi connectivity index (χ0v) is 15.9. The lowest BCUT2D eigenvalue weighted by Gasteiger charge is -2.34. The van der Waals surface area contributed by atoms with Crippen LogP contribution in [0, 0.1) is 5.92 Å². The number of carbonyl (C=O) groups excluding carboxylic acids is 3. The molecule has 0 aromatic heterocycles. The summed E-state index contributed by atoms with van der Waals surface area (Å²) in [7, 11) is 1.59. The second-order valence-corrected chi connectivity index (χ2v) is 7.21. The van der Waals surface area contributed by atoms with E-state index in [2.05, 4.69) is 5.32 Å². The molecule has 2 heterocycles. The highest BCUT2D eigenvalue weighted by Gasteiger charge is 2.38. The monoisotopic (exact) mass is 373 g/mol. The maximum Gasteiger partial charge on any atom is 0.247 e. The van der Waals surface area contributed by atoms with Gasteiger partial charge in [0.05, 0.1) is 13.0 Å². The molecule has 1 aromatic carbocycles. The largest absolute Gasteiger partial charge is 0.497 e. The summed E-state index contributed by atoms with van der Waals surface area (Å²) >= 11 is 0. The minimum absolute atomic E-state index is 0.00252. The van der Waals surface area contributed by atoms with E-state index in [0.717, 1.165) is 25.0 Å². The average molecular weight is 373 g/mol. The van der Waals surface area contributed by atoms with Gasteiger partial charge >= 0.3 is 0 Å². The van der Waals surface area contributed by atoms with E-state index in [0.29, 0.717) is 31.7 Å². The Balaban J connectivity index is 1.64. The van der Waals surface area contributed by atoms with E-state index in [4.69, 9.17) is 4.74 Å². The Morgan fingerprint density at radius 2 is 1.78 bits per heavy atom. The minimum Gasteiger partial charge on any atom is -0.497 e. The fraction of sp³-hybridized carbons (Fsp3) is 0.550. The van der Waals surface area contributed by atoms with Crippen LogP contribution in [0.3, 0.4) is 0 Å². The van der Waals surface area contributed by atoms with Crippen molar-refractivity contribution in [1.82, 2.24) is 9.80 Å². The van der Waals surface area contributed by atoms with Gasteiger partial charge in [0.2, 0.25) is 17.7 Å². The molecule has 1 aromatic rings. The standard InChI is InChI=1S/C20H27N3O4/c1-14(24)22-11-3-5-15(13-22)20(26)23-12-4-6-18(23)19(25)21-16-7-9-17(27-2)10-8-16/h7-10,15,18H,3-6,11-13H2,1-2H3,(H,21,25)/t15-,18-/m0/s1. The third-order valence-electron chi connectivity index (χ3n) is 5.41. The number of benzene rings is 1. The van der Waals surface area contributed by atoms with E-state index in [-0.39, 0.29) is 23.6 Å². The number of anilines is 1. The summed E-state index contributed by atoms with van der Waals surface area (Å²) in [4.78, 5) is 40.8. The second kappa shape index (κ2) is 8.41. The van der Waals surface area contributed by atoms with Gasteiger partial charge in [0.15, 0.2) is 0 Å². The number of nitrogens with one attached hydrogen (secondary N) is 1. The van der Waals surface area contributed by atoms with Gasteiger partial charge in [-0.2, -0.15) is 0 Å². The summed E-state index contributed by atoms with van der Waals surface area (Å²) in [6, 6.07) is 6.68. The summed E-state index contributed by atoms with van der Waals surface area (Å²) in [5, 5.41) is 2.90. The Bertz CT molecular complexity index is 704. The van der Waals surface area contributed by atoms with Gasteiger partial charge in [-0.15, -0.1) is 0 Å². The first kappa shape index (κ1) is 19.2. The maximum absolute atomic E-state index is 13.0. The van der Waals surface area contributed by atoms with Gasteiger partial charge in [-0.25, -0.2) is 0 Å². The molecule has 146 valence electrons. The van der Waals surface area contributed by atoms with Crippen molar-refractivity contribution in [3.05, 3.63) is 24.3 Å². The van der Waals surface area contributed by atoms with Crippen LogP contribution in [0.25, 0.3) is 0 Å². The normalized spacial score (nSPS) is 22.4. The Morgan fingerprint density at radius 1 is 1.07 bits per heavy atom. The molecule has 0 saturated carbocycles. The number of ether oxygens (including phenoxy) is 1. The fourth-order valence-corrected chi connectivity index (χ4v) is 3.90. The molecule has 0 bridgehead atoms. The summed E-state index contributed by atoms with van der Waals surface area (Å²) < 4.78 is 5.12. The SMILES string of the molecule is COc1ccc(NC(=O)[C@@H]2CCCN2C(=O)[C@H]2CCCN(C(C)=O)C2)cc1. The van der Waals surface area contributed by atoms with Crippen LogP contribution in [-0.2, 0) is 14.4 Å². The maximum atomic E-state index is 13.0. The molecule has 27 heavy (non-hydrogen) atoms. The molecule has 0 aliphatic carbocycles. The van der Waals surface area contributed by atoms with Crippen LogP contribution in [-0.4, -0.2) is 60.3 Å². The molecule has 0 radical (unpaired) electrons. The predicted octanol–water partition coefficient (Wildman–Crippen LogP) is 1.88. The quantitative estimate of drug-likeness (QED) is 0.874. The smallest absolute Gasteiger partial charge is 0.247 e. The Labute approximate surface area is 159 Å². The van der Waals surface area contributed by atoms with Gasteiger partial charge in [0, 0.05) is 32.2 Å². The van der Waals surface area contributed by atoms with Gasteiger partial charge in [0.1, 0.15) is 11.8 Å². The van der Waals surface area contributed by atoms with Gasteiger partial charge in [-0.3, -0.25) is 14.4 Å². The number of amides is 3. The zero-order chi connectivity index (χ0) is 19.4. The molecule has 7 heteroatoms. The molecule has 7 nitrogen and oxygen atoms in total. The first-order chi connectivity index (χ1) is 13.0. The predicted molar refractivity (Wildman–Crippen MR) is 101 cm³/mol. The summed E-state index contributed by atoms with van der Waals surface area (Å²) in [5.74, 6) is 0.344.